The van der Waals surface area contributed by atoms with Gasteiger partial charge in [0.2, 0.25) is 11.8 Å². The van der Waals surface area contributed by atoms with Crippen molar-refractivity contribution in [2.75, 3.05) is 36.0 Å². The molecule has 1 fully saturated rings. The molecule has 4 heterocycles. The van der Waals surface area contributed by atoms with Gasteiger partial charge >= 0.3 is 0 Å². The van der Waals surface area contributed by atoms with Crippen LogP contribution in [-0.4, -0.2) is 52.5 Å². The molecule has 7 nitrogen and oxygen atoms in total. The van der Waals surface area contributed by atoms with Gasteiger partial charge in [0.15, 0.2) is 5.82 Å². The maximum atomic E-state index is 13.1. The Morgan fingerprint density at radius 1 is 1.03 bits per heavy atom. The second-order valence-electron chi connectivity index (χ2n) is 6.98. The summed E-state index contributed by atoms with van der Waals surface area (Å²) >= 11 is 0. The third-order valence-electron chi connectivity index (χ3n) is 5.19. The summed E-state index contributed by atoms with van der Waals surface area (Å²) < 4.78 is 13.1. The molecule has 0 bridgehead atoms. The topological polar surface area (TPSA) is 80.6 Å². The number of benzene rings is 1. The summed E-state index contributed by atoms with van der Waals surface area (Å²) in [5.41, 5.74) is 3.35. The van der Waals surface area contributed by atoms with Gasteiger partial charge in [-0.05, 0) is 42.5 Å². The van der Waals surface area contributed by atoms with Crippen LogP contribution in [-0.2, 0) is 0 Å². The number of aromatic amines is 1. The van der Waals surface area contributed by atoms with Gasteiger partial charge in [-0.2, -0.15) is 4.98 Å². The fourth-order valence-electron chi connectivity index (χ4n) is 3.64. The van der Waals surface area contributed by atoms with Crippen molar-refractivity contribution in [3.63, 3.8) is 0 Å². The minimum atomic E-state index is -0.231. The van der Waals surface area contributed by atoms with Crippen LogP contribution in [0.1, 0.15) is 11.3 Å². The molecule has 0 atom stereocenters. The summed E-state index contributed by atoms with van der Waals surface area (Å²) in [6.07, 6.45) is 5.27. The molecule has 1 aromatic carbocycles. The van der Waals surface area contributed by atoms with Crippen molar-refractivity contribution < 1.29 is 9.50 Å². The van der Waals surface area contributed by atoms with Crippen LogP contribution >= 0.6 is 0 Å². The lowest BCUT2D eigenvalue weighted by Crippen LogP contribution is -2.47. The van der Waals surface area contributed by atoms with E-state index in [1.54, 1.807) is 24.5 Å². The van der Waals surface area contributed by atoms with Gasteiger partial charge in [0.25, 0.3) is 0 Å². The molecule has 3 aromatic rings. The van der Waals surface area contributed by atoms with Crippen LogP contribution in [0.2, 0.25) is 0 Å². The number of anilines is 2. The number of hydrogen-bond acceptors (Lipinski definition) is 6. The van der Waals surface area contributed by atoms with E-state index in [1.165, 1.54) is 12.1 Å². The second-order valence-corrected chi connectivity index (χ2v) is 6.98. The van der Waals surface area contributed by atoms with Gasteiger partial charge in [0.05, 0.1) is 0 Å². The van der Waals surface area contributed by atoms with Crippen LogP contribution in [0.25, 0.3) is 11.6 Å². The van der Waals surface area contributed by atoms with Gasteiger partial charge in [-0.3, -0.25) is 0 Å². The summed E-state index contributed by atoms with van der Waals surface area (Å²) in [6.45, 7) is 3.06. The molecule has 29 heavy (non-hydrogen) atoms. The standard InChI is InChI=1S/C21H19FN6O/c22-15-3-5-16(6-4-15)27-8-10-28(11-9-27)21-25-18(20(29)26-21)12-14-13-24-19-17(14)2-1-7-23-19/h1-7,12-13,29H,8-11H2,(H,25,26). The van der Waals surface area contributed by atoms with Crippen molar-refractivity contribution in [3.05, 3.63) is 59.7 Å². The van der Waals surface area contributed by atoms with E-state index in [0.717, 1.165) is 43.0 Å². The first-order chi connectivity index (χ1) is 14.2. The van der Waals surface area contributed by atoms with E-state index in [4.69, 9.17) is 0 Å². The molecule has 8 heteroatoms. The van der Waals surface area contributed by atoms with E-state index >= 15 is 0 Å². The molecule has 2 aliphatic heterocycles. The van der Waals surface area contributed by atoms with Gasteiger partial charge < -0.3 is 19.9 Å². The molecule has 1 saturated heterocycles. The number of nitrogens with zero attached hydrogens (tertiary/aromatic N) is 5. The average Bonchev–Trinajstić information content (AvgIpc) is 3.33. The molecular formula is C21H19FN6O. The molecule has 2 N–H and O–H groups in total. The highest BCUT2D eigenvalue weighted by atomic mass is 19.1. The first-order valence-corrected chi connectivity index (χ1v) is 9.43. The van der Waals surface area contributed by atoms with Crippen molar-refractivity contribution in [2.45, 2.75) is 0 Å². The van der Waals surface area contributed by atoms with E-state index < -0.39 is 0 Å². The number of fused-ring (bicyclic) bond motifs is 1. The lowest BCUT2D eigenvalue weighted by molar-refractivity contribution is 0.455. The molecule has 146 valence electrons. The zero-order chi connectivity index (χ0) is 19.8. The van der Waals surface area contributed by atoms with E-state index in [0.29, 0.717) is 17.5 Å². The molecule has 0 radical (unpaired) electrons. The molecule has 2 aromatic heterocycles. The van der Waals surface area contributed by atoms with E-state index in [9.17, 15) is 9.50 Å². The lowest BCUT2D eigenvalue weighted by Gasteiger charge is -2.35. The smallest absolute Gasteiger partial charge is 0.238 e. The Morgan fingerprint density at radius 2 is 1.79 bits per heavy atom. The molecule has 0 spiro atoms. The normalized spacial score (nSPS) is 17.2. The molecule has 0 unspecified atom stereocenters. The number of H-pyrrole nitrogens is 1. The fourth-order valence-corrected chi connectivity index (χ4v) is 3.64. The zero-order valence-electron chi connectivity index (χ0n) is 15.6. The Labute approximate surface area is 166 Å². The molecule has 2 aliphatic rings. The van der Waals surface area contributed by atoms with Crippen molar-refractivity contribution in [2.24, 2.45) is 4.99 Å². The van der Waals surface area contributed by atoms with E-state index in [2.05, 4.69) is 29.7 Å². The Hall–Kier alpha value is -3.68. The van der Waals surface area contributed by atoms with Crippen LogP contribution in [0.3, 0.4) is 0 Å². The van der Waals surface area contributed by atoms with Crippen molar-refractivity contribution in [1.82, 2.24) is 15.0 Å². The SMILES string of the molecule is Oc1nc(N2CCN(c3ccc(F)cc3)CC2)[nH]c1C=C1C=Nc2ncccc21. The van der Waals surface area contributed by atoms with Crippen LogP contribution in [0, 0.1) is 5.82 Å². The Morgan fingerprint density at radius 3 is 2.59 bits per heavy atom. The van der Waals surface area contributed by atoms with Gasteiger partial charge in [0.1, 0.15) is 11.5 Å². The number of halogens is 1. The molecule has 0 aliphatic carbocycles. The van der Waals surface area contributed by atoms with Gasteiger partial charge in [-0.25, -0.2) is 14.4 Å². The number of imidazole rings is 1. The molecule has 0 amide bonds. The summed E-state index contributed by atoms with van der Waals surface area (Å²) in [5, 5.41) is 10.3. The maximum Gasteiger partial charge on any atom is 0.238 e. The minimum Gasteiger partial charge on any atom is -0.492 e. The average molecular weight is 390 g/mol. The number of allylic oxidation sites excluding steroid dienone is 1. The lowest BCUT2D eigenvalue weighted by atomic mass is 10.1. The quantitative estimate of drug-likeness (QED) is 0.718. The Kier molecular flexibility index (Phi) is 4.23. The number of nitrogens with one attached hydrogen (secondary N) is 1. The van der Waals surface area contributed by atoms with Crippen molar-refractivity contribution in [3.8, 4) is 5.88 Å². The highest BCUT2D eigenvalue weighted by Gasteiger charge is 2.21. The van der Waals surface area contributed by atoms with Crippen LogP contribution < -0.4 is 9.80 Å². The third kappa shape index (κ3) is 3.33. The third-order valence-corrected chi connectivity index (χ3v) is 5.19. The number of aromatic nitrogens is 3. The number of aromatic hydroxyl groups is 1. The maximum absolute atomic E-state index is 13.1. The largest absolute Gasteiger partial charge is 0.492 e. The van der Waals surface area contributed by atoms with Gasteiger partial charge in [0, 0.05) is 55.4 Å². The van der Waals surface area contributed by atoms with Crippen LogP contribution in [0.15, 0.2) is 47.6 Å². The number of rotatable bonds is 3. The van der Waals surface area contributed by atoms with Crippen molar-refractivity contribution in [1.29, 1.82) is 0 Å². The summed E-state index contributed by atoms with van der Waals surface area (Å²) in [5.74, 6) is 1.04. The summed E-state index contributed by atoms with van der Waals surface area (Å²) in [4.78, 5) is 20.3. The van der Waals surface area contributed by atoms with E-state index in [1.807, 2.05) is 18.2 Å². The Balaban J connectivity index is 1.31. The minimum absolute atomic E-state index is 0.0424. The van der Waals surface area contributed by atoms with Crippen LogP contribution in [0.4, 0.5) is 21.8 Å². The summed E-state index contributed by atoms with van der Waals surface area (Å²) in [7, 11) is 0. The Bertz CT molecular complexity index is 1100. The summed E-state index contributed by atoms with van der Waals surface area (Å²) in [6, 6.07) is 10.4. The van der Waals surface area contributed by atoms with Gasteiger partial charge in [-0.1, -0.05) is 0 Å². The molecule has 5 rings (SSSR count). The number of pyridine rings is 1. The highest BCUT2D eigenvalue weighted by molar-refractivity contribution is 6.20. The predicted molar refractivity (Wildman–Crippen MR) is 111 cm³/mol. The van der Waals surface area contributed by atoms with E-state index in [-0.39, 0.29) is 11.7 Å². The zero-order valence-corrected chi connectivity index (χ0v) is 15.6. The van der Waals surface area contributed by atoms with Crippen LogP contribution in [0.5, 0.6) is 5.88 Å². The monoisotopic (exact) mass is 390 g/mol. The second kappa shape index (κ2) is 7.05. The number of hydrogen-bond donors (Lipinski definition) is 2. The first kappa shape index (κ1) is 17.4. The molecule has 0 saturated carbocycles. The fraction of sp³-hybridized carbons (Fsp3) is 0.190. The van der Waals surface area contributed by atoms with Gasteiger partial charge in [-0.15, -0.1) is 0 Å². The predicted octanol–water partition coefficient (Wildman–Crippen LogP) is 3.23. The highest BCUT2D eigenvalue weighted by Crippen LogP contribution is 2.32. The molecular weight excluding hydrogens is 371 g/mol. The first-order valence-electron chi connectivity index (χ1n) is 9.43. The number of aliphatic imine (C=N–C) groups is 1. The number of piperazine rings is 1. The van der Waals surface area contributed by atoms with Crippen molar-refractivity contribution >= 4 is 35.3 Å².